The lowest BCUT2D eigenvalue weighted by Gasteiger charge is -2.31. The number of thiocarbonyl (C=S) groups is 1. The van der Waals surface area contributed by atoms with Crippen molar-refractivity contribution in [3.05, 3.63) is 29.3 Å². The van der Waals surface area contributed by atoms with Gasteiger partial charge in [-0.25, -0.2) is 5.01 Å². The first-order valence-electron chi connectivity index (χ1n) is 10.4. The van der Waals surface area contributed by atoms with Gasteiger partial charge in [0.05, 0.1) is 26.9 Å². The molecule has 1 aromatic carbocycles. The van der Waals surface area contributed by atoms with Crippen molar-refractivity contribution in [2.45, 2.75) is 38.5 Å². The molecule has 7 nitrogen and oxygen atoms in total. The zero-order valence-corrected chi connectivity index (χ0v) is 18.8. The topological polar surface area (TPSA) is 63.3 Å². The molecule has 1 amide bonds. The molecule has 1 heterocycles. The average molecular weight is 434 g/mol. The molecule has 2 aliphatic rings. The Balaban J connectivity index is 1.69. The Kier molecular flexibility index (Phi) is 7.79. The van der Waals surface area contributed by atoms with Crippen molar-refractivity contribution < 1.29 is 19.0 Å². The molecule has 1 aliphatic carbocycles. The molecule has 0 bridgehead atoms. The Bertz CT molecular complexity index is 812. The third-order valence-electron chi connectivity index (χ3n) is 5.54. The van der Waals surface area contributed by atoms with Crippen LogP contribution in [0, 0.1) is 0 Å². The molecule has 3 rings (SSSR count). The van der Waals surface area contributed by atoms with Crippen molar-refractivity contribution in [1.82, 2.24) is 15.3 Å². The zero-order valence-electron chi connectivity index (χ0n) is 18.0. The Morgan fingerprint density at radius 2 is 1.80 bits per heavy atom. The summed E-state index contributed by atoms with van der Waals surface area (Å²) in [7, 11) is 4.59. The third kappa shape index (κ3) is 4.80. The van der Waals surface area contributed by atoms with E-state index in [1.54, 1.807) is 24.3 Å². The first kappa shape index (κ1) is 22.2. The summed E-state index contributed by atoms with van der Waals surface area (Å²) in [5.74, 6) is 1.10. The van der Waals surface area contributed by atoms with Gasteiger partial charge in [0.15, 0.2) is 16.6 Å². The second-order valence-electron chi connectivity index (χ2n) is 7.38. The maximum atomic E-state index is 13.3. The number of ether oxygens (including phenoxy) is 3. The Hall–Kier alpha value is -2.48. The van der Waals surface area contributed by atoms with E-state index in [0.29, 0.717) is 41.0 Å². The highest BCUT2D eigenvalue weighted by Gasteiger charge is 2.32. The van der Waals surface area contributed by atoms with Gasteiger partial charge in [-0.3, -0.25) is 9.80 Å². The summed E-state index contributed by atoms with van der Waals surface area (Å²) in [5, 5.41) is 7.43. The van der Waals surface area contributed by atoms with Gasteiger partial charge in [-0.05, 0) is 62.9 Å². The molecule has 0 aromatic heterocycles. The fraction of sp³-hybridized carbons (Fsp3) is 0.545. The molecular formula is C22H31N3O4S. The molecule has 0 atom stereocenters. The smallest absolute Gasteiger partial charge is 0.276 e. The van der Waals surface area contributed by atoms with E-state index in [-0.39, 0.29) is 5.91 Å². The van der Waals surface area contributed by atoms with E-state index in [4.69, 9.17) is 26.4 Å². The number of nitrogens with zero attached hydrogens (tertiary/aromatic N) is 2. The van der Waals surface area contributed by atoms with Crippen LogP contribution in [0.5, 0.6) is 17.2 Å². The first-order chi connectivity index (χ1) is 14.6. The SMILES string of the molecule is COc1ccc(C(=O)N2CCCN2C(=S)NCCC2=CCCCC2)c(OC)c1OC. The highest BCUT2D eigenvalue weighted by Crippen LogP contribution is 2.40. The van der Waals surface area contributed by atoms with Gasteiger partial charge in [0, 0.05) is 19.6 Å². The van der Waals surface area contributed by atoms with Crippen molar-refractivity contribution in [1.29, 1.82) is 0 Å². The highest BCUT2D eigenvalue weighted by molar-refractivity contribution is 7.80. The van der Waals surface area contributed by atoms with Crippen LogP contribution in [0.2, 0.25) is 0 Å². The molecule has 0 saturated carbocycles. The van der Waals surface area contributed by atoms with Gasteiger partial charge in [0.25, 0.3) is 5.91 Å². The standard InChI is InChI=1S/C22H31N3O4S/c1-27-18-11-10-17(19(28-2)20(18)29-3)21(26)24-14-7-15-25(24)22(30)23-13-12-16-8-5-4-6-9-16/h8,10-11H,4-7,9,12-15H2,1-3H3,(H,23,30). The number of benzene rings is 1. The van der Waals surface area contributed by atoms with Crippen LogP contribution in [-0.4, -0.2) is 62.0 Å². The van der Waals surface area contributed by atoms with Gasteiger partial charge in [-0.15, -0.1) is 0 Å². The van der Waals surface area contributed by atoms with Gasteiger partial charge in [0.1, 0.15) is 0 Å². The van der Waals surface area contributed by atoms with Crippen LogP contribution < -0.4 is 19.5 Å². The summed E-state index contributed by atoms with van der Waals surface area (Å²) in [4.78, 5) is 13.3. The number of hydrazine groups is 1. The van der Waals surface area contributed by atoms with Crippen LogP contribution in [0.25, 0.3) is 0 Å². The van der Waals surface area contributed by atoms with Crippen molar-refractivity contribution in [2.75, 3.05) is 41.0 Å². The van der Waals surface area contributed by atoms with E-state index >= 15 is 0 Å². The lowest BCUT2D eigenvalue weighted by molar-refractivity contribution is 0.0488. The number of amides is 1. The van der Waals surface area contributed by atoms with Crippen LogP contribution in [0.1, 0.15) is 48.9 Å². The monoisotopic (exact) mass is 433 g/mol. The number of carbonyl (C=O) groups excluding carboxylic acids is 1. The molecular weight excluding hydrogens is 402 g/mol. The molecule has 1 aliphatic heterocycles. The number of methoxy groups -OCH3 is 3. The van der Waals surface area contributed by atoms with Crippen LogP contribution >= 0.6 is 12.2 Å². The Morgan fingerprint density at radius 1 is 1.03 bits per heavy atom. The summed E-state index contributed by atoms with van der Waals surface area (Å²) >= 11 is 5.60. The number of nitrogens with one attached hydrogen (secondary N) is 1. The number of carbonyl (C=O) groups is 1. The van der Waals surface area contributed by atoms with E-state index in [1.807, 2.05) is 5.01 Å². The Labute approximate surface area is 183 Å². The minimum atomic E-state index is -0.176. The molecule has 1 aromatic rings. The number of rotatable bonds is 7. The van der Waals surface area contributed by atoms with Crippen molar-refractivity contribution >= 4 is 23.2 Å². The molecule has 0 spiro atoms. The van der Waals surface area contributed by atoms with Gasteiger partial charge in [-0.1, -0.05) is 11.6 Å². The maximum absolute atomic E-state index is 13.3. The third-order valence-corrected chi connectivity index (χ3v) is 5.90. The van der Waals surface area contributed by atoms with E-state index in [0.717, 1.165) is 19.4 Å². The summed E-state index contributed by atoms with van der Waals surface area (Å²) in [6.07, 6.45) is 9.13. The fourth-order valence-electron chi connectivity index (χ4n) is 4.00. The molecule has 0 radical (unpaired) electrons. The summed E-state index contributed by atoms with van der Waals surface area (Å²) in [6, 6.07) is 3.41. The predicted octanol–water partition coefficient (Wildman–Crippen LogP) is 3.54. The molecule has 1 saturated heterocycles. The molecule has 0 unspecified atom stereocenters. The van der Waals surface area contributed by atoms with Crippen LogP contribution in [-0.2, 0) is 0 Å². The highest BCUT2D eigenvalue weighted by atomic mass is 32.1. The summed E-state index contributed by atoms with van der Waals surface area (Å²) in [5.41, 5.74) is 1.91. The van der Waals surface area contributed by atoms with E-state index < -0.39 is 0 Å². The normalized spacial score (nSPS) is 16.2. The Morgan fingerprint density at radius 3 is 2.47 bits per heavy atom. The van der Waals surface area contributed by atoms with Crippen LogP contribution in [0.15, 0.2) is 23.8 Å². The van der Waals surface area contributed by atoms with Gasteiger partial charge in [0.2, 0.25) is 5.75 Å². The predicted molar refractivity (Wildman–Crippen MR) is 120 cm³/mol. The van der Waals surface area contributed by atoms with E-state index in [2.05, 4.69) is 11.4 Å². The van der Waals surface area contributed by atoms with Crippen LogP contribution in [0.4, 0.5) is 0 Å². The van der Waals surface area contributed by atoms with Crippen molar-refractivity contribution in [2.24, 2.45) is 0 Å². The second kappa shape index (κ2) is 10.5. The lowest BCUT2D eigenvalue weighted by atomic mass is 9.97. The van der Waals surface area contributed by atoms with Crippen molar-refractivity contribution in [3.63, 3.8) is 0 Å². The van der Waals surface area contributed by atoms with E-state index in [9.17, 15) is 4.79 Å². The molecule has 1 N–H and O–H groups in total. The second-order valence-corrected chi connectivity index (χ2v) is 7.76. The first-order valence-corrected chi connectivity index (χ1v) is 10.9. The van der Waals surface area contributed by atoms with E-state index in [1.165, 1.54) is 45.5 Å². The summed E-state index contributed by atoms with van der Waals surface area (Å²) < 4.78 is 16.2. The zero-order chi connectivity index (χ0) is 21.5. The summed E-state index contributed by atoms with van der Waals surface area (Å²) in [6.45, 7) is 2.09. The minimum absolute atomic E-state index is 0.176. The largest absolute Gasteiger partial charge is 0.493 e. The molecule has 1 fully saturated rings. The van der Waals surface area contributed by atoms with Crippen molar-refractivity contribution in [3.8, 4) is 17.2 Å². The molecule has 30 heavy (non-hydrogen) atoms. The van der Waals surface area contributed by atoms with Crippen LogP contribution in [0.3, 0.4) is 0 Å². The molecule has 164 valence electrons. The van der Waals surface area contributed by atoms with Gasteiger partial charge in [-0.2, -0.15) is 0 Å². The fourth-order valence-corrected chi connectivity index (χ4v) is 4.29. The number of allylic oxidation sites excluding steroid dienone is 1. The maximum Gasteiger partial charge on any atom is 0.276 e. The van der Waals surface area contributed by atoms with Gasteiger partial charge >= 0.3 is 0 Å². The lowest BCUT2D eigenvalue weighted by Crippen LogP contribution is -2.49. The number of hydrogen-bond acceptors (Lipinski definition) is 5. The minimum Gasteiger partial charge on any atom is -0.493 e. The average Bonchev–Trinajstić information content (AvgIpc) is 3.28. The van der Waals surface area contributed by atoms with Gasteiger partial charge < -0.3 is 19.5 Å². The molecule has 8 heteroatoms. The quantitative estimate of drug-likeness (QED) is 0.521. The number of hydrogen-bond donors (Lipinski definition) is 1.